The van der Waals surface area contributed by atoms with E-state index in [0.29, 0.717) is 32.6 Å². The van der Waals surface area contributed by atoms with Crippen LogP contribution in [0, 0.1) is 6.92 Å². The highest BCUT2D eigenvalue weighted by Gasteiger charge is 2.51. The van der Waals surface area contributed by atoms with Gasteiger partial charge in [-0.05, 0) is 43.2 Å². The molecule has 1 N–H and O–H groups in total. The summed E-state index contributed by atoms with van der Waals surface area (Å²) in [6, 6.07) is 14.9. The van der Waals surface area contributed by atoms with Crippen molar-refractivity contribution in [3.8, 4) is 5.75 Å². The Labute approximate surface area is 194 Å². The SMILES string of the molecule is CC[C@@]1(c2ccc(C)cc2)NC(=O)N(CC(=O)N2CCN(c3ccc(OC)cc3)CC2)C1=O. The predicted octanol–water partition coefficient (Wildman–Crippen LogP) is 2.51. The number of methoxy groups -OCH3 is 1. The summed E-state index contributed by atoms with van der Waals surface area (Å²) in [4.78, 5) is 44.0. The van der Waals surface area contributed by atoms with Gasteiger partial charge in [-0.15, -0.1) is 0 Å². The molecule has 0 bridgehead atoms. The summed E-state index contributed by atoms with van der Waals surface area (Å²) in [5.74, 6) is 0.211. The lowest BCUT2D eigenvalue weighted by Crippen LogP contribution is -2.52. The minimum Gasteiger partial charge on any atom is -0.497 e. The average Bonchev–Trinajstić information content (AvgIpc) is 3.09. The zero-order valence-electron chi connectivity index (χ0n) is 19.3. The van der Waals surface area contributed by atoms with Crippen LogP contribution in [0.4, 0.5) is 10.5 Å². The molecule has 0 aliphatic carbocycles. The molecular weight excluding hydrogens is 420 g/mol. The lowest BCUT2D eigenvalue weighted by atomic mass is 9.87. The molecule has 1 atom stereocenters. The molecule has 0 radical (unpaired) electrons. The lowest BCUT2D eigenvalue weighted by molar-refractivity contribution is -0.139. The zero-order chi connectivity index (χ0) is 23.6. The van der Waals surface area contributed by atoms with Crippen LogP contribution in [0.15, 0.2) is 48.5 Å². The molecule has 2 aromatic rings. The quantitative estimate of drug-likeness (QED) is 0.684. The van der Waals surface area contributed by atoms with Gasteiger partial charge in [0, 0.05) is 31.9 Å². The van der Waals surface area contributed by atoms with Gasteiger partial charge in [0.25, 0.3) is 5.91 Å². The van der Waals surface area contributed by atoms with Crippen LogP contribution in [-0.2, 0) is 15.1 Å². The second-order valence-electron chi connectivity index (χ2n) is 8.51. The fraction of sp³-hybridized carbons (Fsp3) is 0.400. The third kappa shape index (κ3) is 4.25. The normalized spacial score (nSPS) is 20.8. The smallest absolute Gasteiger partial charge is 0.325 e. The van der Waals surface area contributed by atoms with E-state index in [9.17, 15) is 14.4 Å². The highest BCUT2D eigenvalue weighted by atomic mass is 16.5. The van der Waals surface area contributed by atoms with E-state index < -0.39 is 11.6 Å². The molecule has 4 rings (SSSR count). The number of piperazine rings is 1. The number of carbonyl (C=O) groups excluding carboxylic acids is 3. The fourth-order valence-corrected chi connectivity index (χ4v) is 4.49. The zero-order valence-corrected chi connectivity index (χ0v) is 19.3. The molecule has 174 valence electrons. The number of hydrogen-bond donors (Lipinski definition) is 1. The number of carbonyl (C=O) groups is 3. The molecule has 8 nitrogen and oxygen atoms in total. The number of nitrogens with one attached hydrogen (secondary N) is 1. The number of rotatable bonds is 6. The van der Waals surface area contributed by atoms with Crippen molar-refractivity contribution in [2.45, 2.75) is 25.8 Å². The fourth-order valence-electron chi connectivity index (χ4n) is 4.49. The van der Waals surface area contributed by atoms with E-state index in [1.54, 1.807) is 12.0 Å². The maximum absolute atomic E-state index is 13.3. The Morgan fingerprint density at radius 2 is 1.64 bits per heavy atom. The summed E-state index contributed by atoms with van der Waals surface area (Å²) in [5.41, 5.74) is 1.75. The molecule has 0 unspecified atom stereocenters. The molecule has 2 saturated heterocycles. The van der Waals surface area contributed by atoms with E-state index in [1.165, 1.54) is 0 Å². The second kappa shape index (κ2) is 9.13. The maximum Gasteiger partial charge on any atom is 0.325 e. The number of aryl methyl sites for hydroxylation is 1. The van der Waals surface area contributed by atoms with Crippen molar-refractivity contribution in [3.05, 3.63) is 59.7 Å². The largest absolute Gasteiger partial charge is 0.497 e. The molecule has 2 aliphatic rings. The van der Waals surface area contributed by atoms with Crippen LogP contribution in [0.2, 0.25) is 0 Å². The molecule has 0 saturated carbocycles. The van der Waals surface area contributed by atoms with Gasteiger partial charge < -0.3 is 19.9 Å². The minimum absolute atomic E-state index is 0.219. The van der Waals surface area contributed by atoms with E-state index in [2.05, 4.69) is 10.2 Å². The summed E-state index contributed by atoms with van der Waals surface area (Å²) >= 11 is 0. The summed E-state index contributed by atoms with van der Waals surface area (Å²) in [6.45, 7) is 6.01. The Bertz CT molecular complexity index is 1030. The number of urea groups is 1. The second-order valence-corrected chi connectivity index (χ2v) is 8.51. The van der Waals surface area contributed by atoms with E-state index in [4.69, 9.17) is 4.74 Å². The van der Waals surface area contributed by atoms with Crippen molar-refractivity contribution in [1.82, 2.24) is 15.1 Å². The lowest BCUT2D eigenvalue weighted by Gasteiger charge is -2.36. The van der Waals surface area contributed by atoms with Crippen molar-refractivity contribution in [2.75, 3.05) is 44.7 Å². The highest BCUT2D eigenvalue weighted by Crippen LogP contribution is 2.32. The van der Waals surface area contributed by atoms with Gasteiger partial charge in [-0.3, -0.25) is 14.5 Å². The predicted molar refractivity (Wildman–Crippen MR) is 125 cm³/mol. The van der Waals surface area contributed by atoms with Gasteiger partial charge in [-0.25, -0.2) is 4.79 Å². The molecule has 4 amide bonds. The first-order chi connectivity index (χ1) is 15.9. The highest BCUT2D eigenvalue weighted by molar-refractivity contribution is 6.09. The molecule has 2 heterocycles. The molecule has 2 aromatic carbocycles. The number of nitrogens with zero attached hydrogens (tertiary/aromatic N) is 3. The van der Waals surface area contributed by atoms with Crippen LogP contribution in [0.5, 0.6) is 5.75 Å². The van der Waals surface area contributed by atoms with Crippen molar-refractivity contribution < 1.29 is 19.1 Å². The molecule has 0 spiro atoms. The molecule has 33 heavy (non-hydrogen) atoms. The standard InChI is InChI=1S/C25H30N4O4/c1-4-25(19-7-5-18(2)6-8-19)23(31)29(24(32)26-25)17-22(30)28-15-13-27(14-16-28)20-9-11-21(33-3)12-10-20/h5-12H,4,13-17H2,1-3H3,(H,26,32)/t25-/m0/s1. The first-order valence-electron chi connectivity index (χ1n) is 11.3. The van der Waals surface area contributed by atoms with Crippen molar-refractivity contribution in [3.63, 3.8) is 0 Å². The van der Waals surface area contributed by atoms with E-state index in [1.807, 2.05) is 62.4 Å². The van der Waals surface area contributed by atoms with E-state index in [-0.39, 0.29) is 18.4 Å². The van der Waals surface area contributed by atoms with E-state index >= 15 is 0 Å². The minimum atomic E-state index is -1.13. The monoisotopic (exact) mass is 450 g/mol. The van der Waals surface area contributed by atoms with Gasteiger partial charge in [-0.2, -0.15) is 0 Å². The Balaban J connectivity index is 1.39. The van der Waals surface area contributed by atoms with Gasteiger partial charge in [0.1, 0.15) is 17.8 Å². The summed E-state index contributed by atoms with van der Waals surface area (Å²) in [6.07, 6.45) is 0.409. The van der Waals surface area contributed by atoms with Crippen LogP contribution in [-0.4, -0.2) is 67.5 Å². The Kier molecular flexibility index (Phi) is 6.26. The summed E-state index contributed by atoms with van der Waals surface area (Å²) in [5, 5.41) is 2.85. The first-order valence-corrected chi connectivity index (χ1v) is 11.3. The van der Waals surface area contributed by atoms with Crippen molar-refractivity contribution >= 4 is 23.5 Å². The molecule has 8 heteroatoms. The van der Waals surface area contributed by atoms with Gasteiger partial charge in [0.2, 0.25) is 5.91 Å². The van der Waals surface area contributed by atoms with Gasteiger partial charge >= 0.3 is 6.03 Å². The number of anilines is 1. The average molecular weight is 451 g/mol. The number of imide groups is 1. The Morgan fingerprint density at radius 3 is 2.21 bits per heavy atom. The molecule has 0 aromatic heterocycles. The third-order valence-corrected chi connectivity index (χ3v) is 6.61. The van der Waals surface area contributed by atoms with Gasteiger partial charge in [0.05, 0.1) is 7.11 Å². The van der Waals surface area contributed by atoms with Crippen molar-refractivity contribution in [1.29, 1.82) is 0 Å². The Morgan fingerprint density at radius 1 is 1.00 bits per heavy atom. The number of ether oxygens (including phenoxy) is 1. The molecule has 2 aliphatic heterocycles. The maximum atomic E-state index is 13.3. The van der Waals surface area contributed by atoms with E-state index in [0.717, 1.165) is 27.5 Å². The van der Waals surface area contributed by atoms with Crippen LogP contribution >= 0.6 is 0 Å². The van der Waals surface area contributed by atoms with Crippen molar-refractivity contribution in [2.24, 2.45) is 0 Å². The van der Waals surface area contributed by atoms with Crippen LogP contribution < -0.4 is 15.0 Å². The van der Waals surface area contributed by atoms with Crippen LogP contribution in [0.3, 0.4) is 0 Å². The van der Waals surface area contributed by atoms with Gasteiger partial charge in [-0.1, -0.05) is 36.8 Å². The Hall–Kier alpha value is -3.55. The van der Waals surface area contributed by atoms with Crippen LogP contribution in [0.1, 0.15) is 24.5 Å². The summed E-state index contributed by atoms with van der Waals surface area (Å²) in [7, 11) is 1.64. The van der Waals surface area contributed by atoms with Gasteiger partial charge in [0.15, 0.2) is 0 Å². The molecular formula is C25H30N4O4. The number of benzene rings is 2. The summed E-state index contributed by atoms with van der Waals surface area (Å²) < 4.78 is 5.21. The topological polar surface area (TPSA) is 82.2 Å². The number of amides is 4. The first kappa shape index (κ1) is 22.6. The third-order valence-electron chi connectivity index (χ3n) is 6.61. The molecule has 2 fully saturated rings. The number of hydrogen-bond acceptors (Lipinski definition) is 5. The van der Waals surface area contributed by atoms with Crippen LogP contribution in [0.25, 0.3) is 0 Å².